The molecule has 0 radical (unpaired) electrons. The van der Waals surface area contributed by atoms with Crippen LogP contribution in [0.4, 0.5) is 5.69 Å². The van der Waals surface area contributed by atoms with Gasteiger partial charge < -0.3 is 15.1 Å². The molecule has 1 saturated carbocycles. The fourth-order valence-electron chi connectivity index (χ4n) is 5.13. The maximum atomic E-state index is 13.1. The standard InChI is InChI=1S/C23H33N3O2/c1-2-25-20-16-17(22(27)24-18-10-6-3-4-7-11-18)13-14-19(20)23(28)26-15-9-5-8-12-21(25)26/h13-14,16,18,21H,2-12,15H2,1H3,(H,24,27). The van der Waals surface area contributed by atoms with Crippen LogP contribution in [0, 0.1) is 0 Å². The van der Waals surface area contributed by atoms with Crippen molar-refractivity contribution in [2.24, 2.45) is 0 Å². The van der Waals surface area contributed by atoms with Gasteiger partial charge in [0.1, 0.15) is 6.17 Å². The van der Waals surface area contributed by atoms with E-state index in [-0.39, 0.29) is 24.0 Å². The van der Waals surface area contributed by atoms with Crippen LogP contribution in [0.15, 0.2) is 18.2 Å². The van der Waals surface area contributed by atoms with Crippen LogP contribution in [0.1, 0.15) is 91.8 Å². The summed E-state index contributed by atoms with van der Waals surface area (Å²) in [5, 5.41) is 3.24. The summed E-state index contributed by atoms with van der Waals surface area (Å²) in [7, 11) is 0. The summed E-state index contributed by atoms with van der Waals surface area (Å²) >= 11 is 0. The molecule has 5 nitrogen and oxygen atoms in total. The molecule has 1 N–H and O–H groups in total. The quantitative estimate of drug-likeness (QED) is 0.791. The van der Waals surface area contributed by atoms with Gasteiger partial charge in [-0.15, -0.1) is 0 Å². The molecular weight excluding hydrogens is 350 g/mol. The minimum absolute atomic E-state index is 0.00139. The molecular formula is C23H33N3O2. The zero-order valence-electron chi connectivity index (χ0n) is 17.1. The number of fused-ring (bicyclic) bond motifs is 2. The Kier molecular flexibility index (Phi) is 5.88. The number of anilines is 1. The third-order valence-corrected chi connectivity index (χ3v) is 6.67. The Bertz CT molecular complexity index is 725. The first-order valence-corrected chi connectivity index (χ1v) is 11.2. The monoisotopic (exact) mass is 383 g/mol. The molecule has 2 amide bonds. The van der Waals surface area contributed by atoms with Crippen LogP contribution in [0.3, 0.4) is 0 Å². The Morgan fingerprint density at radius 2 is 1.75 bits per heavy atom. The van der Waals surface area contributed by atoms with Crippen LogP contribution in [-0.4, -0.2) is 42.0 Å². The fourth-order valence-corrected chi connectivity index (χ4v) is 5.13. The average Bonchev–Trinajstić information content (AvgIpc) is 3.11. The Hall–Kier alpha value is -2.04. The van der Waals surface area contributed by atoms with Gasteiger partial charge in [0.15, 0.2) is 0 Å². The maximum absolute atomic E-state index is 13.1. The molecule has 0 bridgehead atoms. The summed E-state index contributed by atoms with van der Waals surface area (Å²) in [5.41, 5.74) is 2.35. The molecule has 4 rings (SSSR count). The summed E-state index contributed by atoms with van der Waals surface area (Å²) in [6.45, 7) is 3.82. The number of amides is 2. The van der Waals surface area contributed by atoms with E-state index in [0.717, 1.165) is 56.4 Å². The van der Waals surface area contributed by atoms with Crippen molar-refractivity contribution in [3.05, 3.63) is 29.3 Å². The van der Waals surface area contributed by atoms with Gasteiger partial charge in [-0.3, -0.25) is 9.59 Å². The number of carbonyl (C=O) groups is 2. The van der Waals surface area contributed by atoms with Gasteiger partial charge in [0.05, 0.1) is 11.3 Å². The van der Waals surface area contributed by atoms with Crippen LogP contribution in [-0.2, 0) is 0 Å². The third-order valence-electron chi connectivity index (χ3n) is 6.67. The summed E-state index contributed by atoms with van der Waals surface area (Å²) in [4.78, 5) is 30.4. The number of rotatable bonds is 3. The molecule has 2 fully saturated rings. The van der Waals surface area contributed by atoms with Crippen LogP contribution < -0.4 is 10.2 Å². The number of hydrogen-bond acceptors (Lipinski definition) is 3. The van der Waals surface area contributed by atoms with E-state index < -0.39 is 0 Å². The predicted molar refractivity (Wildman–Crippen MR) is 112 cm³/mol. The van der Waals surface area contributed by atoms with E-state index in [1.807, 2.05) is 23.1 Å². The lowest BCUT2D eigenvalue weighted by molar-refractivity contribution is 0.0656. The van der Waals surface area contributed by atoms with E-state index in [1.165, 1.54) is 32.1 Å². The number of benzene rings is 1. The molecule has 2 aliphatic heterocycles. The summed E-state index contributed by atoms with van der Waals surface area (Å²) < 4.78 is 0. The van der Waals surface area contributed by atoms with E-state index in [0.29, 0.717) is 5.56 Å². The second kappa shape index (κ2) is 8.54. The predicted octanol–water partition coefficient (Wildman–Crippen LogP) is 4.32. The molecule has 1 aliphatic carbocycles. The van der Waals surface area contributed by atoms with Gasteiger partial charge >= 0.3 is 0 Å². The second-order valence-electron chi connectivity index (χ2n) is 8.51. The van der Waals surface area contributed by atoms with Crippen molar-refractivity contribution in [3.8, 4) is 0 Å². The van der Waals surface area contributed by atoms with Gasteiger partial charge in [-0.05, 0) is 57.2 Å². The number of nitrogens with zero attached hydrogens (tertiary/aromatic N) is 2. The second-order valence-corrected chi connectivity index (χ2v) is 8.51. The van der Waals surface area contributed by atoms with E-state index in [1.54, 1.807) is 0 Å². The summed E-state index contributed by atoms with van der Waals surface area (Å²) in [5.74, 6) is 0.129. The van der Waals surface area contributed by atoms with Gasteiger partial charge in [0, 0.05) is 24.7 Å². The highest BCUT2D eigenvalue weighted by atomic mass is 16.2. The van der Waals surface area contributed by atoms with Gasteiger partial charge in [0.2, 0.25) is 0 Å². The van der Waals surface area contributed by atoms with Crippen molar-refractivity contribution >= 4 is 17.5 Å². The molecule has 1 unspecified atom stereocenters. The first-order chi connectivity index (χ1) is 13.7. The molecule has 3 aliphatic rings. The largest absolute Gasteiger partial charge is 0.351 e. The lowest BCUT2D eigenvalue weighted by Crippen LogP contribution is -2.55. The third kappa shape index (κ3) is 3.76. The van der Waals surface area contributed by atoms with Crippen LogP contribution in [0.5, 0.6) is 0 Å². The van der Waals surface area contributed by atoms with Crippen LogP contribution in [0.25, 0.3) is 0 Å². The van der Waals surface area contributed by atoms with Crippen molar-refractivity contribution in [3.63, 3.8) is 0 Å². The zero-order chi connectivity index (χ0) is 19.5. The normalized spacial score (nSPS) is 23.5. The molecule has 152 valence electrons. The topological polar surface area (TPSA) is 52.7 Å². The highest BCUT2D eigenvalue weighted by molar-refractivity contribution is 6.04. The highest BCUT2D eigenvalue weighted by Gasteiger charge is 2.37. The molecule has 1 atom stereocenters. The smallest absolute Gasteiger partial charge is 0.257 e. The molecule has 0 spiro atoms. The lowest BCUT2D eigenvalue weighted by atomic mass is 10.0. The molecule has 1 aromatic carbocycles. The SMILES string of the molecule is CCN1c2cc(C(=O)NC3CCCCCC3)ccc2C(=O)N2CCCCCC21. The molecule has 0 aromatic heterocycles. The molecule has 5 heteroatoms. The number of carbonyl (C=O) groups excluding carboxylic acids is 2. The first-order valence-electron chi connectivity index (χ1n) is 11.2. The zero-order valence-corrected chi connectivity index (χ0v) is 17.1. The van der Waals surface area contributed by atoms with E-state index in [2.05, 4.69) is 17.1 Å². The lowest BCUT2D eigenvalue weighted by Gasteiger charge is -2.44. The van der Waals surface area contributed by atoms with E-state index >= 15 is 0 Å². The van der Waals surface area contributed by atoms with Crippen molar-refractivity contribution < 1.29 is 9.59 Å². The van der Waals surface area contributed by atoms with Gasteiger partial charge in [0.25, 0.3) is 11.8 Å². The number of nitrogens with one attached hydrogen (secondary N) is 1. The first kappa shape index (κ1) is 19.3. The number of hydrogen-bond donors (Lipinski definition) is 1. The molecule has 2 heterocycles. The van der Waals surface area contributed by atoms with Gasteiger partial charge in [-0.25, -0.2) is 0 Å². The highest BCUT2D eigenvalue weighted by Crippen LogP contribution is 2.35. The van der Waals surface area contributed by atoms with Crippen molar-refractivity contribution in [1.29, 1.82) is 0 Å². The summed E-state index contributed by atoms with van der Waals surface area (Å²) in [6, 6.07) is 5.93. The molecule has 1 aromatic rings. The van der Waals surface area contributed by atoms with Crippen LogP contribution in [0.2, 0.25) is 0 Å². The van der Waals surface area contributed by atoms with Crippen molar-refractivity contribution in [2.75, 3.05) is 18.0 Å². The van der Waals surface area contributed by atoms with Gasteiger partial charge in [-0.2, -0.15) is 0 Å². The van der Waals surface area contributed by atoms with E-state index in [9.17, 15) is 9.59 Å². The van der Waals surface area contributed by atoms with Crippen molar-refractivity contribution in [1.82, 2.24) is 10.2 Å². The van der Waals surface area contributed by atoms with Crippen LogP contribution >= 0.6 is 0 Å². The molecule has 28 heavy (non-hydrogen) atoms. The Morgan fingerprint density at radius 3 is 2.50 bits per heavy atom. The Labute approximate surface area is 168 Å². The fraction of sp³-hybridized carbons (Fsp3) is 0.652. The molecule has 1 saturated heterocycles. The Morgan fingerprint density at radius 1 is 1.04 bits per heavy atom. The minimum Gasteiger partial charge on any atom is -0.351 e. The van der Waals surface area contributed by atoms with Gasteiger partial charge in [-0.1, -0.05) is 32.1 Å². The Balaban J connectivity index is 1.59. The average molecular weight is 384 g/mol. The minimum atomic E-state index is 0.00139. The van der Waals surface area contributed by atoms with E-state index in [4.69, 9.17) is 0 Å². The summed E-state index contributed by atoms with van der Waals surface area (Å²) in [6.07, 6.45) is 11.7. The maximum Gasteiger partial charge on any atom is 0.257 e. The van der Waals surface area contributed by atoms with Crippen molar-refractivity contribution in [2.45, 2.75) is 83.3 Å².